The Morgan fingerprint density at radius 1 is 1.38 bits per heavy atom. The number of esters is 1. The van der Waals surface area contributed by atoms with E-state index in [1.807, 2.05) is 45.0 Å². The second-order valence-electron chi connectivity index (χ2n) is 6.38. The highest BCUT2D eigenvalue weighted by molar-refractivity contribution is 5.81. The average Bonchev–Trinajstić information content (AvgIpc) is 2.51. The molecule has 2 unspecified atom stereocenters. The zero-order chi connectivity index (χ0) is 18.5. The summed E-state index contributed by atoms with van der Waals surface area (Å²) in [7, 11) is 0. The highest BCUT2D eigenvalue weighted by Gasteiger charge is 2.39. The molecule has 0 saturated heterocycles. The number of hydrogen-bond donors (Lipinski definition) is 2. The van der Waals surface area contributed by atoms with Crippen molar-refractivity contribution in [1.82, 2.24) is 5.32 Å². The minimum absolute atomic E-state index is 0.594. The van der Waals surface area contributed by atoms with Crippen molar-refractivity contribution in [1.29, 1.82) is 0 Å². The van der Waals surface area contributed by atoms with Crippen molar-refractivity contribution >= 4 is 17.6 Å². The number of hydrogen-bond acceptors (Lipinski definition) is 3. The summed E-state index contributed by atoms with van der Waals surface area (Å²) in [5.74, 6) is -0.594. The number of allylic oxidation sites excluding steroid dienone is 1. The van der Waals surface area contributed by atoms with Crippen molar-refractivity contribution in [3.63, 3.8) is 0 Å². The molecule has 1 rings (SSSR count). The first kappa shape index (κ1) is 19.5. The lowest BCUT2D eigenvalue weighted by molar-refractivity contribution is -0.147. The molecular formula is C19H25NO4. The molecule has 0 spiro atoms. The van der Waals surface area contributed by atoms with E-state index in [2.05, 4.69) is 18.5 Å². The first-order chi connectivity index (χ1) is 11.1. The third kappa shape index (κ3) is 4.72. The first-order valence-electron chi connectivity index (χ1n) is 7.68. The van der Waals surface area contributed by atoms with Gasteiger partial charge in [-0.15, -0.1) is 0 Å². The van der Waals surface area contributed by atoms with Crippen molar-refractivity contribution in [3.05, 3.63) is 54.6 Å². The number of amides is 1. The molecule has 2 N–H and O–H groups in total. The molecule has 0 aliphatic rings. The highest BCUT2D eigenvalue weighted by atomic mass is 16.5. The van der Waals surface area contributed by atoms with Crippen molar-refractivity contribution in [2.24, 2.45) is 0 Å². The van der Waals surface area contributed by atoms with Gasteiger partial charge in [0.15, 0.2) is 0 Å². The highest BCUT2D eigenvalue weighted by Crippen LogP contribution is 2.32. The van der Waals surface area contributed by atoms with Gasteiger partial charge in [0, 0.05) is 11.5 Å². The molecule has 5 nitrogen and oxygen atoms in total. The number of carboxylic acid groups (broad SMARTS) is 1. The fourth-order valence-electron chi connectivity index (χ4n) is 2.67. The zero-order valence-corrected chi connectivity index (χ0v) is 14.6. The number of rotatable bonds is 7. The Balaban J connectivity index is 3.28. The van der Waals surface area contributed by atoms with Gasteiger partial charge in [-0.2, -0.15) is 0 Å². The Kier molecular flexibility index (Phi) is 6.35. The van der Waals surface area contributed by atoms with Crippen molar-refractivity contribution in [2.75, 3.05) is 0 Å². The first-order valence-corrected chi connectivity index (χ1v) is 7.68. The molecule has 2 atom stereocenters. The van der Waals surface area contributed by atoms with E-state index < -0.39 is 29.6 Å². The molecule has 24 heavy (non-hydrogen) atoms. The summed E-state index contributed by atoms with van der Waals surface area (Å²) in [6.45, 7) is 14.7. The van der Waals surface area contributed by atoms with E-state index in [4.69, 9.17) is 9.84 Å². The Hall–Kier alpha value is -2.56. The molecule has 0 saturated carbocycles. The molecule has 0 radical (unpaired) electrons. The van der Waals surface area contributed by atoms with Crippen LogP contribution in [0.3, 0.4) is 0 Å². The van der Waals surface area contributed by atoms with Crippen LogP contribution in [0.1, 0.15) is 38.8 Å². The predicted octanol–water partition coefficient (Wildman–Crippen LogP) is 3.75. The van der Waals surface area contributed by atoms with Crippen LogP contribution in [0.4, 0.5) is 4.79 Å². The van der Waals surface area contributed by atoms with Crippen LogP contribution in [-0.2, 0) is 14.9 Å². The third-order valence-electron chi connectivity index (χ3n) is 4.03. The summed E-state index contributed by atoms with van der Waals surface area (Å²) in [4.78, 5) is 22.7. The van der Waals surface area contributed by atoms with Crippen LogP contribution >= 0.6 is 0 Å². The van der Waals surface area contributed by atoms with Gasteiger partial charge in [0.1, 0.15) is 6.10 Å². The van der Waals surface area contributed by atoms with Gasteiger partial charge in [0.25, 0.3) is 0 Å². The van der Waals surface area contributed by atoms with Gasteiger partial charge in [-0.05, 0) is 25.0 Å². The molecule has 5 heteroatoms. The van der Waals surface area contributed by atoms with Gasteiger partial charge in [-0.1, -0.05) is 56.8 Å². The molecule has 1 aromatic carbocycles. The fraction of sp³-hybridized carbons (Fsp3) is 0.368. The summed E-state index contributed by atoms with van der Waals surface area (Å²) in [5, 5.41) is 11.4. The average molecular weight is 331 g/mol. The normalized spacial score (nSPS) is 13.5. The maximum absolute atomic E-state index is 11.7. The van der Waals surface area contributed by atoms with E-state index in [0.29, 0.717) is 0 Å². The molecule has 1 amide bonds. The molecule has 0 fully saturated rings. The summed E-state index contributed by atoms with van der Waals surface area (Å²) >= 11 is 0. The van der Waals surface area contributed by atoms with Crippen LogP contribution in [0, 0.1) is 0 Å². The van der Waals surface area contributed by atoms with Gasteiger partial charge in [0.2, 0.25) is 0 Å². The monoisotopic (exact) mass is 331 g/mol. The van der Waals surface area contributed by atoms with Crippen LogP contribution in [0.25, 0.3) is 5.57 Å². The van der Waals surface area contributed by atoms with Gasteiger partial charge < -0.3 is 15.2 Å². The largest absolute Gasteiger partial charge is 0.465 e. The second kappa shape index (κ2) is 7.81. The predicted molar refractivity (Wildman–Crippen MR) is 94.9 cm³/mol. The van der Waals surface area contributed by atoms with Crippen molar-refractivity contribution in [3.8, 4) is 0 Å². The summed E-state index contributed by atoms with van der Waals surface area (Å²) in [6, 6.07) is 7.16. The molecule has 0 aromatic heterocycles. The van der Waals surface area contributed by atoms with Crippen LogP contribution in [-0.4, -0.2) is 29.3 Å². The van der Waals surface area contributed by atoms with Gasteiger partial charge >= 0.3 is 12.1 Å². The van der Waals surface area contributed by atoms with Crippen molar-refractivity contribution < 1.29 is 19.4 Å². The molecule has 0 bridgehead atoms. The lowest BCUT2D eigenvalue weighted by Crippen LogP contribution is -2.51. The van der Waals surface area contributed by atoms with Crippen LogP contribution in [0.2, 0.25) is 0 Å². The minimum Gasteiger partial charge on any atom is -0.465 e. The minimum atomic E-state index is -1.17. The number of carbonyl (C=O) groups is 2. The van der Waals surface area contributed by atoms with E-state index in [1.165, 1.54) is 0 Å². The fourth-order valence-corrected chi connectivity index (χ4v) is 2.67. The van der Waals surface area contributed by atoms with Crippen LogP contribution < -0.4 is 5.32 Å². The Morgan fingerprint density at radius 3 is 2.50 bits per heavy atom. The lowest BCUT2D eigenvalue weighted by atomic mass is 9.76. The number of benzene rings is 1. The summed E-state index contributed by atoms with van der Waals surface area (Å²) < 4.78 is 5.48. The SMILES string of the molecule is C=CC(=O)OC(C(C)NC(=O)O)C(C)(C)c1cccc(C(=C)C)c1. The van der Waals surface area contributed by atoms with E-state index in [0.717, 1.165) is 22.8 Å². The number of carbonyl (C=O) groups excluding carboxylic acids is 1. The summed E-state index contributed by atoms with van der Waals surface area (Å²) in [6.07, 6.45) is -0.811. The van der Waals surface area contributed by atoms with E-state index in [1.54, 1.807) is 6.92 Å². The number of ether oxygens (including phenoxy) is 1. The Bertz CT molecular complexity index is 649. The third-order valence-corrected chi connectivity index (χ3v) is 4.03. The van der Waals surface area contributed by atoms with E-state index in [9.17, 15) is 9.59 Å². The maximum atomic E-state index is 11.7. The van der Waals surface area contributed by atoms with E-state index in [-0.39, 0.29) is 0 Å². The standard InChI is InChI=1S/C19H25NO4/c1-7-16(21)24-17(13(4)20-18(22)23)19(5,6)15-10-8-9-14(11-15)12(2)3/h7-11,13,17,20H,1-2H2,3-6H3,(H,22,23). The van der Waals surface area contributed by atoms with Gasteiger partial charge in [-0.25, -0.2) is 9.59 Å². The second-order valence-corrected chi connectivity index (χ2v) is 6.38. The quantitative estimate of drug-likeness (QED) is 0.589. The van der Waals surface area contributed by atoms with Crippen LogP contribution in [0.15, 0.2) is 43.5 Å². The van der Waals surface area contributed by atoms with Gasteiger partial charge in [-0.3, -0.25) is 0 Å². The molecule has 0 aliphatic carbocycles. The topological polar surface area (TPSA) is 75.6 Å². The van der Waals surface area contributed by atoms with E-state index >= 15 is 0 Å². The molecule has 0 heterocycles. The van der Waals surface area contributed by atoms with Crippen LogP contribution in [0.5, 0.6) is 0 Å². The summed E-state index contributed by atoms with van der Waals surface area (Å²) in [5.41, 5.74) is 2.19. The smallest absolute Gasteiger partial charge is 0.404 e. The molecule has 1 aromatic rings. The molecule has 0 aliphatic heterocycles. The number of nitrogens with one attached hydrogen (secondary N) is 1. The Labute approximate surface area is 143 Å². The maximum Gasteiger partial charge on any atom is 0.404 e. The van der Waals surface area contributed by atoms with Crippen molar-refractivity contribution in [2.45, 2.75) is 45.3 Å². The van der Waals surface area contributed by atoms with Gasteiger partial charge in [0.05, 0.1) is 6.04 Å². The lowest BCUT2D eigenvalue weighted by Gasteiger charge is -2.37. The molecular weight excluding hydrogens is 306 g/mol. The Morgan fingerprint density at radius 2 is 2.00 bits per heavy atom. The zero-order valence-electron chi connectivity index (χ0n) is 14.6. The molecule has 130 valence electrons.